The monoisotopic (exact) mass is 474 g/mol. The van der Waals surface area contributed by atoms with Gasteiger partial charge in [-0.15, -0.1) is 0 Å². The van der Waals surface area contributed by atoms with E-state index >= 15 is 0 Å². The molecule has 5 nitrogen and oxygen atoms in total. The van der Waals surface area contributed by atoms with Crippen molar-refractivity contribution < 1.29 is 9.90 Å². The Labute approximate surface area is 203 Å². The molecule has 0 amide bonds. The van der Waals surface area contributed by atoms with Crippen molar-refractivity contribution in [1.29, 1.82) is 0 Å². The van der Waals surface area contributed by atoms with Crippen LogP contribution in [0.1, 0.15) is 87.5 Å². The zero-order chi connectivity index (χ0) is 24.7. The normalized spacial score (nSPS) is 16.2. The van der Waals surface area contributed by atoms with Gasteiger partial charge in [0.2, 0.25) is 0 Å². The lowest BCUT2D eigenvalue weighted by Gasteiger charge is -2.26. The minimum Gasteiger partial charge on any atom is -0.478 e. The van der Waals surface area contributed by atoms with E-state index in [0.29, 0.717) is 19.0 Å². The molecule has 1 fully saturated rings. The van der Waals surface area contributed by atoms with Gasteiger partial charge < -0.3 is 9.67 Å². The number of aromatic carboxylic acids is 1. The highest BCUT2D eigenvalue weighted by molar-refractivity contribution is 6.30. The average molecular weight is 475 g/mol. The predicted molar refractivity (Wildman–Crippen MR) is 137 cm³/mol. The molecule has 3 rings (SSSR count). The van der Waals surface area contributed by atoms with E-state index in [4.69, 9.17) is 16.7 Å². The van der Waals surface area contributed by atoms with Crippen LogP contribution in [0.5, 0.6) is 0 Å². The summed E-state index contributed by atoms with van der Waals surface area (Å²) >= 11 is 6.31. The third-order valence-electron chi connectivity index (χ3n) is 5.88. The van der Waals surface area contributed by atoms with Crippen molar-refractivity contribution in [2.24, 2.45) is 5.92 Å². The van der Waals surface area contributed by atoms with E-state index in [0.717, 1.165) is 35.8 Å². The molecule has 1 atom stereocenters. The van der Waals surface area contributed by atoms with Gasteiger partial charge in [0.05, 0.1) is 5.56 Å². The highest BCUT2D eigenvalue weighted by atomic mass is 35.5. The summed E-state index contributed by atoms with van der Waals surface area (Å²) in [6.45, 7) is 15.3. The summed E-state index contributed by atoms with van der Waals surface area (Å²) in [6, 6.07) is 9.17. The number of rotatable bonds is 7. The van der Waals surface area contributed by atoms with Crippen molar-refractivity contribution in [2.45, 2.75) is 85.9 Å². The molecule has 6 heteroatoms. The Morgan fingerprint density at radius 2 is 1.76 bits per heavy atom. The second-order valence-corrected chi connectivity index (χ2v) is 10.4. The van der Waals surface area contributed by atoms with Gasteiger partial charge in [0.1, 0.15) is 5.02 Å². The van der Waals surface area contributed by atoms with E-state index in [1.165, 1.54) is 12.8 Å². The van der Waals surface area contributed by atoms with Crippen LogP contribution in [0.2, 0.25) is 5.02 Å². The fourth-order valence-electron chi connectivity index (χ4n) is 4.08. The summed E-state index contributed by atoms with van der Waals surface area (Å²) < 4.78 is 1.83. The van der Waals surface area contributed by atoms with E-state index in [9.17, 15) is 9.59 Å². The maximum Gasteiger partial charge on any atom is 0.335 e. The number of hydrogen-bond donors (Lipinski definition) is 1. The fraction of sp³-hybridized carbons (Fsp3) is 0.556. The summed E-state index contributed by atoms with van der Waals surface area (Å²) in [4.78, 5) is 26.4. The minimum atomic E-state index is -0.939. The lowest BCUT2D eigenvalue weighted by Crippen LogP contribution is -2.33. The van der Waals surface area contributed by atoms with Crippen LogP contribution in [0.4, 0.5) is 0 Å². The first-order valence-corrected chi connectivity index (χ1v) is 12.4. The smallest absolute Gasteiger partial charge is 0.335 e. The van der Waals surface area contributed by atoms with E-state index in [1.54, 1.807) is 12.1 Å². The number of likely N-dealkylation sites (tertiary alicyclic amines) is 1. The molecule has 1 aromatic carbocycles. The van der Waals surface area contributed by atoms with Gasteiger partial charge in [0.25, 0.3) is 5.56 Å². The van der Waals surface area contributed by atoms with Crippen molar-refractivity contribution in [3.8, 4) is 0 Å². The van der Waals surface area contributed by atoms with Crippen LogP contribution in [0.15, 0.2) is 35.1 Å². The second kappa shape index (κ2) is 12.4. The van der Waals surface area contributed by atoms with E-state index in [-0.39, 0.29) is 22.1 Å². The van der Waals surface area contributed by atoms with Crippen molar-refractivity contribution in [3.05, 3.63) is 68.1 Å². The van der Waals surface area contributed by atoms with Crippen molar-refractivity contribution >= 4 is 17.6 Å². The van der Waals surface area contributed by atoms with Gasteiger partial charge in [-0.25, -0.2) is 4.79 Å². The van der Waals surface area contributed by atoms with Crippen molar-refractivity contribution in [2.75, 3.05) is 6.54 Å². The molecule has 0 aliphatic carbocycles. The van der Waals surface area contributed by atoms with Crippen LogP contribution in [0.3, 0.4) is 0 Å². The average Bonchev–Trinajstić information content (AvgIpc) is 3.14. The lowest BCUT2D eigenvalue weighted by atomic mass is 10.00. The van der Waals surface area contributed by atoms with Gasteiger partial charge in [-0.1, -0.05) is 58.4 Å². The Bertz CT molecular complexity index is 977. The minimum absolute atomic E-state index is 0.153. The molecule has 1 aliphatic rings. The lowest BCUT2D eigenvalue weighted by molar-refractivity contribution is 0.0697. The van der Waals surface area contributed by atoms with E-state index in [1.807, 2.05) is 22.8 Å². The molecule has 0 bridgehead atoms. The molecule has 2 aromatic rings. The Morgan fingerprint density at radius 3 is 2.24 bits per heavy atom. The summed E-state index contributed by atoms with van der Waals surface area (Å²) in [5, 5.41) is 9.32. The Kier molecular flexibility index (Phi) is 10.2. The summed E-state index contributed by atoms with van der Waals surface area (Å²) in [5.74, 6) is 0.160. The molecule has 1 unspecified atom stereocenters. The molecule has 1 saturated heterocycles. The third-order valence-corrected chi connectivity index (χ3v) is 6.15. The number of nitrogens with zero attached hydrogens (tertiary/aromatic N) is 2. The molecular formula is C27H39ClN2O3. The Balaban J connectivity index is 0.000000890. The van der Waals surface area contributed by atoms with Crippen LogP contribution in [0.25, 0.3) is 0 Å². The molecule has 1 aromatic heterocycles. The third kappa shape index (κ3) is 7.72. The SMILES string of the molecule is CC(C)C.CC(C)c1cc(Cl)c(=O)n(CCc2ccc(C(=O)O)cc2)c1CN1CCCC1C. The van der Waals surface area contributed by atoms with E-state index < -0.39 is 5.97 Å². The molecule has 0 saturated carbocycles. The zero-order valence-electron chi connectivity index (χ0n) is 20.9. The Hall–Kier alpha value is -2.11. The summed E-state index contributed by atoms with van der Waals surface area (Å²) in [7, 11) is 0. The number of benzene rings is 1. The number of pyridine rings is 1. The van der Waals surface area contributed by atoms with Gasteiger partial charge in [-0.2, -0.15) is 0 Å². The zero-order valence-corrected chi connectivity index (χ0v) is 21.7. The number of carboxylic acids is 1. The molecule has 0 spiro atoms. The molecule has 1 aliphatic heterocycles. The summed E-state index contributed by atoms with van der Waals surface area (Å²) in [5.41, 5.74) is 3.27. The molecule has 0 radical (unpaired) electrons. The summed E-state index contributed by atoms with van der Waals surface area (Å²) in [6.07, 6.45) is 3.01. The largest absolute Gasteiger partial charge is 0.478 e. The van der Waals surface area contributed by atoms with Crippen LogP contribution in [-0.4, -0.2) is 33.1 Å². The number of carbonyl (C=O) groups is 1. The number of carboxylic acid groups (broad SMARTS) is 1. The maximum atomic E-state index is 12.9. The van der Waals surface area contributed by atoms with Crippen LogP contribution in [0, 0.1) is 5.92 Å². The van der Waals surface area contributed by atoms with Gasteiger partial charge >= 0.3 is 5.97 Å². The quantitative estimate of drug-likeness (QED) is 0.518. The first-order valence-electron chi connectivity index (χ1n) is 12.0. The molecular weight excluding hydrogens is 436 g/mol. The highest BCUT2D eigenvalue weighted by Crippen LogP contribution is 2.26. The van der Waals surface area contributed by atoms with Gasteiger partial charge in [0.15, 0.2) is 0 Å². The predicted octanol–water partition coefficient (Wildman–Crippen LogP) is 6.21. The second-order valence-electron chi connectivity index (χ2n) is 9.95. The number of hydrogen-bond acceptors (Lipinski definition) is 3. The molecule has 182 valence electrons. The van der Waals surface area contributed by atoms with Crippen molar-refractivity contribution in [1.82, 2.24) is 9.47 Å². The fourth-order valence-corrected chi connectivity index (χ4v) is 4.30. The van der Waals surface area contributed by atoms with Gasteiger partial charge in [0, 0.05) is 24.8 Å². The molecule has 2 heterocycles. The van der Waals surface area contributed by atoms with Crippen LogP contribution in [-0.2, 0) is 19.5 Å². The number of aromatic nitrogens is 1. The first kappa shape index (κ1) is 27.1. The number of halogens is 1. The Morgan fingerprint density at radius 1 is 1.15 bits per heavy atom. The topological polar surface area (TPSA) is 62.5 Å². The molecule has 33 heavy (non-hydrogen) atoms. The van der Waals surface area contributed by atoms with E-state index in [2.05, 4.69) is 46.4 Å². The van der Waals surface area contributed by atoms with Crippen molar-refractivity contribution in [3.63, 3.8) is 0 Å². The standard InChI is InChI=1S/C23H29ClN2O3.C4H10/c1-15(2)19-13-20(24)22(27)26(21(19)14-25-11-4-5-16(25)3)12-10-17-6-8-18(9-7-17)23(28)29;1-4(2)3/h6-9,13,15-16H,4-5,10-12,14H2,1-3H3,(H,28,29);4H,1-3H3. The van der Waals surface area contributed by atoms with Crippen LogP contribution >= 0.6 is 11.6 Å². The molecule has 1 N–H and O–H groups in total. The van der Waals surface area contributed by atoms with Crippen LogP contribution < -0.4 is 5.56 Å². The first-order chi connectivity index (χ1) is 15.5. The van der Waals surface area contributed by atoms with Gasteiger partial charge in [-0.3, -0.25) is 9.69 Å². The maximum absolute atomic E-state index is 12.9. The number of aryl methyl sites for hydroxylation is 1. The van der Waals surface area contributed by atoms with Gasteiger partial charge in [-0.05, 0) is 73.9 Å². The highest BCUT2D eigenvalue weighted by Gasteiger charge is 2.24.